The fourth-order valence-electron chi connectivity index (χ4n) is 7.48. The molecule has 0 bridgehead atoms. The van der Waals surface area contributed by atoms with Crippen molar-refractivity contribution < 1.29 is 49.0 Å². The van der Waals surface area contributed by atoms with Crippen LogP contribution in [-0.4, -0.2) is 89.0 Å². The van der Waals surface area contributed by atoms with Crippen molar-refractivity contribution in [2.45, 2.75) is 263 Å². The Bertz CT molecular complexity index is 886. The molecule has 0 radical (unpaired) electrons. The predicted molar refractivity (Wildman–Crippen MR) is 224 cm³/mol. The Morgan fingerprint density at radius 1 is 0.482 bits per heavy atom. The van der Waals surface area contributed by atoms with Gasteiger partial charge in [-0.3, -0.25) is 9.59 Å². The van der Waals surface area contributed by atoms with E-state index in [0.717, 1.165) is 38.5 Å². The van der Waals surface area contributed by atoms with Gasteiger partial charge in [0.2, 0.25) is 0 Å². The third-order valence-corrected chi connectivity index (χ3v) is 11.2. The molecule has 332 valence electrons. The predicted octanol–water partition coefficient (Wildman–Crippen LogP) is 10.2. The minimum atomic E-state index is -1.59. The molecule has 0 aliphatic carbocycles. The summed E-state index contributed by atoms with van der Waals surface area (Å²) in [6.07, 6.45) is 31.0. The highest BCUT2D eigenvalue weighted by Gasteiger charge is 2.44. The molecule has 56 heavy (non-hydrogen) atoms. The lowest BCUT2D eigenvalue weighted by atomic mass is 9.99. The fourth-order valence-corrected chi connectivity index (χ4v) is 7.48. The lowest BCUT2D eigenvalue weighted by Crippen LogP contribution is -2.59. The molecule has 0 spiro atoms. The number of ether oxygens (including phenoxy) is 4. The molecule has 0 aromatic rings. The Hall–Kier alpha value is -1.30. The summed E-state index contributed by atoms with van der Waals surface area (Å²) < 4.78 is 22.2. The maximum Gasteiger partial charge on any atom is 0.306 e. The van der Waals surface area contributed by atoms with E-state index in [1.807, 2.05) is 0 Å². The van der Waals surface area contributed by atoms with Crippen LogP contribution >= 0.6 is 0 Å². The van der Waals surface area contributed by atoms with Crippen molar-refractivity contribution in [3.05, 3.63) is 0 Å². The van der Waals surface area contributed by atoms with E-state index in [2.05, 4.69) is 13.8 Å². The lowest BCUT2D eigenvalue weighted by molar-refractivity contribution is -0.305. The van der Waals surface area contributed by atoms with Gasteiger partial charge in [-0.1, -0.05) is 200 Å². The average Bonchev–Trinajstić information content (AvgIpc) is 3.19. The number of aliphatic hydroxyl groups is 4. The maximum atomic E-state index is 12.8. The number of hydrogen-bond acceptors (Lipinski definition) is 10. The highest BCUT2D eigenvalue weighted by molar-refractivity contribution is 5.70. The van der Waals surface area contributed by atoms with Crippen LogP contribution in [0, 0.1) is 0 Å². The van der Waals surface area contributed by atoms with Gasteiger partial charge in [-0.25, -0.2) is 0 Å². The summed E-state index contributed by atoms with van der Waals surface area (Å²) in [6, 6.07) is 0. The molecule has 10 nitrogen and oxygen atoms in total. The third kappa shape index (κ3) is 29.0. The van der Waals surface area contributed by atoms with E-state index < -0.39 is 49.4 Å². The zero-order valence-corrected chi connectivity index (χ0v) is 36.2. The number of rotatable bonds is 40. The molecule has 1 aliphatic heterocycles. The molecular formula is C46H88O10. The third-order valence-electron chi connectivity index (χ3n) is 11.2. The molecule has 4 N–H and O–H groups in total. The first-order valence-electron chi connectivity index (χ1n) is 23.6. The molecule has 0 aromatic carbocycles. The Balaban J connectivity index is 2.29. The number of carbonyl (C=O) groups excluding carboxylic acids is 2. The Morgan fingerprint density at radius 2 is 0.839 bits per heavy atom. The fraction of sp³-hybridized carbons (Fsp3) is 0.957. The van der Waals surface area contributed by atoms with Crippen molar-refractivity contribution in [2.24, 2.45) is 0 Å². The standard InChI is InChI=1S/C46H88O10/c1-3-5-7-9-11-13-15-17-19-21-22-24-26-28-30-32-34-41(48)53-37-39(38-54-46-45(52)44(51)43(50)40(36-47)56-46)55-42(49)35-33-31-29-27-25-23-20-18-16-14-12-10-8-6-4-2/h39-40,43-47,50-52H,3-38H2,1-2H3/t39-,40-,43+,44?,45?,46-/m0/s1. The first-order chi connectivity index (χ1) is 27.3. The van der Waals surface area contributed by atoms with Gasteiger partial charge in [0.25, 0.3) is 0 Å². The maximum absolute atomic E-state index is 12.8. The number of esters is 2. The second kappa shape index (κ2) is 37.9. The second-order valence-corrected chi connectivity index (χ2v) is 16.6. The van der Waals surface area contributed by atoms with Crippen LogP contribution in [0.5, 0.6) is 0 Å². The molecule has 0 aromatic heterocycles. The first kappa shape index (κ1) is 52.7. The van der Waals surface area contributed by atoms with E-state index in [1.165, 1.54) is 154 Å². The van der Waals surface area contributed by atoms with Gasteiger partial charge in [0.1, 0.15) is 31.0 Å². The summed E-state index contributed by atoms with van der Waals surface area (Å²) >= 11 is 0. The van der Waals surface area contributed by atoms with Crippen LogP contribution in [0.1, 0.15) is 226 Å². The number of unbranched alkanes of at least 4 members (excludes halogenated alkanes) is 29. The monoisotopic (exact) mass is 801 g/mol. The highest BCUT2D eigenvalue weighted by Crippen LogP contribution is 2.23. The van der Waals surface area contributed by atoms with Gasteiger partial charge in [-0.2, -0.15) is 0 Å². The van der Waals surface area contributed by atoms with E-state index >= 15 is 0 Å². The highest BCUT2D eigenvalue weighted by atomic mass is 16.7. The van der Waals surface area contributed by atoms with Gasteiger partial charge < -0.3 is 39.4 Å². The molecule has 1 saturated heterocycles. The molecule has 2 unspecified atom stereocenters. The van der Waals surface area contributed by atoms with Crippen LogP contribution in [0.4, 0.5) is 0 Å². The van der Waals surface area contributed by atoms with Crippen molar-refractivity contribution in [3.8, 4) is 0 Å². The summed E-state index contributed by atoms with van der Waals surface area (Å²) in [7, 11) is 0. The van der Waals surface area contributed by atoms with Crippen LogP contribution < -0.4 is 0 Å². The van der Waals surface area contributed by atoms with Crippen LogP contribution in [0.2, 0.25) is 0 Å². The van der Waals surface area contributed by atoms with Gasteiger partial charge in [-0.05, 0) is 12.8 Å². The number of aliphatic hydroxyl groups excluding tert-OH is 4. The minimum Gasteiger partial charge on any atom is -0.462 e. The van der Waals surface area contributed by atoms with E-state index in [0.29, 0.717) is 6.42 Å². The van der Waals surface area contributed by atoms with E-state index in [4.69, 9.17) is 18.9 Å². The lowest BCUT2D eigenvalue weighted by Gasteiger charge is -2.39. The van der Waals surface area contributed by atoms with Crippen LogP contribution in [0.15, 0.2) is 0 Å². The minimum absolute atomic E-state index is 0.209. The largest absolute Gasteiger partial charge is 0.462 e. The molecule has 1 fully saturated rings. The van der Waals surface area contributed by atoms with Gasteiger partial charge in [-0.15, -0.1) is 0 Å². The normalized spacial score (nSPS) is 20.3. The molecule has 0 saturated carbocycles. The summed E-state index contributed by atoms with van der Waals surface area (Å²) in [6.45, 7) is 3.46. The van der Waals surface area contributed by atoms with Crippen molar-refractivity contribution in [1.82, 2.24) is 0 Å². The number of hydrogen-bond donors (Lipinski definition) is 4. The van der Waals surface area contributed by atoms with Gasteiger partial charge in [0, 0.05) is 12.8 Å². The van der Waals surface area contributed by atoms with Gasteiger partial charge in [0.15, 0.2) is 12.4 Å². The summed E-state index contributed by atoms with van der Waals surface area (Å²) in [4.78, 5) is 25.3. The first-order valence-corrected chi connectivity index (χ1v) is 23.6. The Labute approximate surface area is 342 Å². The van der Waals surface area contributed by atoms with Crippen LogP contribution in [0.25, 0.3) is 0 Å². The zero-order valence-electron chi connectivity index (χ0n) is 36.2. The molecule has 6 atom stereocenters. The molecule has 0 amide bonds. The van der Waals surface area contributed by atoms with E-state index in [1.54, 1.807) is 0 Å². The molecule has 1 aliphatic rings. The second-order valence-electron chi connectivity index (χ2n) is 16.6. The van der Waals surface area contributed by atoms with Crippen molar-refractivity contribution in [1.29, 1.82) is 0 Å². The Kier molecular flexibility index (Phi) is 35.7. The summed E-state index contributed by atoms with van der Waals surface area (Å²) in [5, 5.41) is 40.1. The van der Waals surface area contributed by atoms with E-state index in [-0.39, 0.29) is 32.0 Å². The van der Waals surface area contributed by atoms with Gasteiger partial charge >= 0.3 is 11.9 Å². The van der Waals surface area contributed by atoms with E-state index in [9.17, 15) is 30.0 Å². The topological polar surface area (TPSA) is 152 Å². The van der Waals surface area contributed by atoms with Crippen molar-refractivity contribution >= 4 is 11.9 Å². The van der Waals surface area contributed by atoms with Crippen molar-refractivity contribution in [2.75, 3.05) is 19.8 Å². The zero-order chi connectivity index (χ0) is 40.9. The summed E-state index contributed by atoms with van der Waals surface area (Å²) in [5.74, 6) is -0.789. The molecule has 1 heterocycles. The van der Waals surface area contributed by atoms with Crippen molar-refractivity contribution in [3.63, 3.8) is 0 Å². The van der Waals surface area contributed by atoms with Crippen LogP contribution in [0.3, 0.4) is 0 Å². The quantitative estimate of drug-likeness (QED) is 0.0348. The SMILES string of the molecule is CCCCCCCCCCCCCCCCCCC(=O)OC[C@@H](CO[C@H]1O[C@@H](CO)[C@@H](O)C(O)C1O)OC(=O)CCCCCCCCCCCCCCCCC. The summed E-state index contributed by atoms with van der Waals surface area (Å²) in [5.41, 5.74) is 0. The molecular weight excluding hydrogens is 712 g/mol. The molecule has 10 heteroatoms. The van der Waals surface area contributed by atoms with Crippen LogP contribution in [-0.2, 0) is 28.5 Å². The number of carbonyl (C=O) groups is 2. The van der Waals surface area contributed by atoms with Gasteiger partial charge in [0.05, 0.1) is 13.2 Å². The average molecular weight is 801 g/mol. The Morgan fingerprint density at radius 3 is 1.21 bits per heavy atom. The molecule has 1 rings (SSSR count). The smallest absolute Gasteiger partial charge is 0.306 e.